The molecule has 1 amide bonds. The third kappa shape index (κ3) is 4.34. The predicted molar refractivity (Wildman–Crippen MR) is 48.8 cm³/mol. The molecule has 0 spiro atoms. The Bertz CT molecular complexity index is 297. The zero-order chi connectivity index (χ0) is 14.5. The minimum absolute atomic E-state index is 0.0155. The molecule has 0 aliphatic heterocycles. The molecule has 0 rings (SSSR count). The van der Waals surface area contributed by atoms with Gasteiger partial charge < -0.3 is 30.5 Å². The summed E-state index contributed by atoms with van der Waals surface area (Å²) in [5.74, 6) is -1.48. The van der Waals surface area contributed by atoms with E-state index < -0.39 is 43.7 Å². The summed E-state index contributed by atoms with van der Waals surface area (Å²) in [5, 5.41) is 38.0. The highest BCUT2D eigenvalue weighted by Gasteiger charge is 2.31. The van der Waals surface area contributed by atoms with Gasteiger partial charge in [-0.15, -0.1) is 0 Å². The summed E-state index contributed by atoms with van der Waals surface area (Å²) >= 11 is 0. The largest absolute Gasteiger partial charge is 0.394 e. The average Bonchev–Trinajstić information content (AvgIpc) is 2.31. The van der Waals surface area contributed by atoms with Gasteiger partial charge in [-0.1, -0.05) is 0 Å². The van der Waals surface area contributed by atoms with Crippen LogP contribution in [0.25, 0.3) is 0 Å². The molecule has 7 heteroatoms. The molecule has 15 heavy (non-hydrogen) atoms. The van der Waals surface area contributed by atoms with Crippen molar-refractivity contribution < 1.29 is 34.1 Å². The van der Waals surface area contributed by atoms with Gasteiger partial charge in [0.05, 0.1) is 6.61 Å². The summed E-state index contributed by atoms with van der Waals surface area (Å²) in [6.45, 7) is -3.89. The third-order valence-corrected chi connectivity index (χ3v) is 1.74. The summed E-state index contributed by atoms with van der Waals surface area (Å²) in [5.41, 5.74) is 0. The number of aliphatic hydroxyl groups excluding tert-OH is 4. The van der Waals surface area contributed by atoms with Crippen molar-refractivity contribution in [3.8, 4) is 0 Å². The second-order valence-electron chi connectivity index (χ2n) is 2.87. The molecule has 5 N–H and O–H groups in total. The maximum absolute atomic E-state index is 11.1. The van der Waals surface area contributed by atoms with Crippen LogP contribution in [0.3, 0.4) is 0 Å². The first-order valence-corrected chi connectivity index (χ1v) is 4.06. The number of amides is 1. The van der Waals surface area contributed by atoms with Crippen LogP contribution in [0, 0.1) is 0 Å². The molecule has 0 unspecified atom stereocenters. The Morgan fingerprint density at radius 3 is 2.47 bits per heavy atom. The van der Waals surface area contributed by atoms with Gasteiger partial charge in [-0.05, 0) is 0 Å². The normalized spacial score (nSPS) is 22.5. The molecule has 0 bridgehead atoms. The first kappa shape index (κ1) is 9.22. The zero-order valence-corrected chi connectivity index (χ0v) is 7.70. The molecule has 0 aromatic rings. The average molecular weight is 224 g/mol. The number of carbonyl (C=O) groups is 2. The topological polar surface area (TPSA) is 127 Å². The van der Waals surface area contributed by atoms with Crippen LogP contribution in [0.2, 0.25) is 0 Å². The van der Waals surface area contributed by atoms with E-state index in [1.165, 1.54) is 0 Å². The minimum atomic E-state index is -3.01. The molecule has 0 radical (unpaired) electrons. The van der Waals surface area contributed by atoms with Crippen molar-refractivity contribution in [3.63, 3.8) is 0 Å². The highest BCUT2D eigenvalue weighted by molar-refractivity contribution is 5.77. The van der Waals surface area contributed by atoms with Crippen molar-refractivity contribution in [2.45, 2.75) is 31.2 Å². The lowest BCUT2D eigenvalue weighted by atomic mass is 10.0. The summed E-state index contributed by atoms with van der Waals surface area (Å²) in [6.07, 6.45) is -5.58. The highest BCUT2D eigenvalue weighted by atomic mass is 16.4. The van der Waals surface area contributed by atoms with Gasteiger partial charge in [0.1, 0.15) is 30.6 Å². The molecule has 0 saturated carbocycles. The number of hydrogen-bond donors (Lipinski definition) is 5. The van der Waals surface area contributed by atoms with Crippen LogP contribution in [0.5, 0.6) is 0 Å². The number of rotatable bonds is 6. The Morgan fingerprint density at radius 1 is 1.47 bits per heavy atom. The number of nitrogens with one attached hydrogen (secondary N) is 1. The van der Waals surface area contributed by atoms with E-state index in [-0.39, 0.29) is 6.29 Å². The molecule has 0 aliphatic rings. The fourth-order valence-electron chi connectivity index (χ4n) is 0.899. The van der Waals surface area contributed by atoms with Crippen LogP contribution in [-0.4, -0.2) is 63.6 Å². The molecule has 4 atom stereocenters. The molecule has 0 aromatic carbocycles. The van der Waals surface area contributed by atoms with Gasteiger partial charge in [-0.25, -0.2) is 0 Å². The second-order valence-corrected chi connectivity index (χ2v) is 2.87. The molecule has 0 aromatic heterocycles. The Labute approximate surface area is 90.6 Å². The van der Waals surface area contributed by atoms with E-state index in [1.807, 2.05) is 0 Å². The second kappa shape index (κ2) is 6.46. The van der Waals surface area contributed by atoms with Crippen LogP contribution in [0.4, 0.5) is 0 Å². The SMILES string of the molecule is [2H]C([2H])([2H])C(=O)N[C@@H](C=O)[C@@H](O)[C@@H](O)[C@H](O)CO. The molecule has 0 saturated heterocycles. The Hall–Kier alpha value is -1.02. The van der Waals surface area contributed by atoms with Gasteiger partial charge in [0.15, 0.2) is 0 Å². The van der Waals surface area contributed by atoms with Crippen molar-refractivity contribution in [2.24, 2.45) is 0 Å². The fraction of sp³-hybridized carbons (Fsp3) is 0.750. The number of hydrogen-bond acceptors (Lipinski definition) is 6. The van der Waals surface area contributed by atoms with Crippen molar-refractivity contribution in [1.82, 2.24) is 5.32 Å². The van der Waals surface area contributed by atoms with Gasteiger partial charge in [0.2, 0.25) is 5.91 Å². The van der Waals surface area contributed by atoms with E-state index in [2.05, 4.69) is 0 Å². The number of aldehydes is 1. The molecule has 0 aliphatic carbocycles. The number of aliphatic hydroxyl groups is 4. The Morgan fingerprint density at radius 2 is 2.07 bits per heavy atom. The van der Waals surface area contributed by atoms with Crippen LogP contribution >= 0.6 is 0 Å². The zero-order valence-electron chi connectivity index (χ0n) is 10.7. The summed E-state index contributed by atoms with van der Waals surface area (Å²) in [4.78, 5) is 21.7. The van der Waals surface area contributed by atoms with Crippen LogP contribution in [0.1, 0.15) is 11.0 Å². The van der Waals surface area contributed by atoms with E-state index >= 15 is 0 Å². The van der Waals surface area contributed by atoms with Gasteiger partial charge in [0.25, 0.3) is 0 Å². The maximum Gasteiger partial charge on any atom is 0.217 e. The van der Waals surface area contributed by atoms with Crippen molar-refractivity contribution >= 4 is 12.2 Å². The first-order chi connectivity index (χ1) is 8.15. The monoisotopic (exact) mass is 224 g/mol. The molecular formula is C8H15NO6. The summed E-state index contributed by atoms with van der Waals surface area (Å²) < 4.78 is 20.2. The van der Waals surface area contributed by atoms with Crippen molar-refractivity contribution in [2.75, 3.05) is 6.61 Å². The van der Waals surface area contributed by atoms with Crippen LogP contribution in [0.15, 0.2) is 0 Å². The van der Waals surface area contributed by atoms with Crippen LogP contribution in [-0.2, 0) is 9.59 Å². The van der Waals surface area contributed by atoms with Gasteiger partial charge >= 0.3 is 0 Å². The van der Waals surface area contributed by atoms with E-state index in [9.17, 15) is 19.8 Å². The highest BCUT2D eigenvalue weighted by Crippen LogP contribution is 2.03. The quantitative estimate of drug-likeness (QED) is 0.302. The standard InChI is InChI=1S/C8H15NO6/c1-4(12)9-5(2-10)7(14)8(15)6(13)3-11/h2,5-8,11,13-15H,3H2,1H3,(H,9,12)/t5-,6+,7+,8-/m0/s1/i1D3. The molecule has 7 nitrogen and oxygen atoms in total. The lowest BCUT2D eigenvalue weighted by molar-refractivity contribution is -0.129. The molecule has 88 valence electrons. The predicted octanol–water partition coefficient (Wildman–Crippen LogP) is -3.23. The third-order valence-electron chi connectivity index (χ3n) is 1.74. The van der Waals surface area contributed by atoms with Crippen LogP contribution < -0.4 is 5.32 Å². The van der Waals surface area contributed by atoms with E-state index in [4.69, 9.17) is 14.3 Å². The maximum atomic E-state index is 11.1. The van der Waals surface area contributed by atoms with Crippen molar-refractivity contribution in [1.29, 1.82) is 0 Å². The Kier molecular flexibility index (Phi) is 3.97. The molecule has 0 fully saturated rings. The first-order valence-electron chi connectivity index (χ1n) is 5.56. The van der Waals surface area contributed by atoms with Gasteiger partial charge in [-0.2, -0.15) is 0 Å². The summed E-state index contributed by atoms with van der Waals surface area (Å²) in [6, 6.07) is -1.71. The fourth-order valence-corrected chi connectivity index (χ4v) is 0.899. The molecule has 0 heterocycles. The van der Waals surface area contributed by atoms with Gasteiger partial charge in [0, 0.05) is 11.0 Å². The summed E-state index contributed by atoms with van der Waals surface area (Å²) in [7, 11) is 0. The van der Waals surface area contributed by atoms with E-state index in [0.29, 0.717) is 0 Å². The lowest BCUT2D eigenvalue weighted by Gasteiger charge is -2.25. The lowest BCUT2D eigenvalue weighted by Crippen LogP contribution is -2.53. The van der Waals surface area contributed by atoms with E-state index in [1.54, 1.807) is 5.32 Å². The van der Waals surface area contributed by atoms with E-state index in [0.717, 1.165) is 0 Å². The number of carbonyl (C=O) groups excluding carboxylic acids is 2. The molecular weight excluding hydrogens is 206 g/mol. The smallest absolute Gasteiger partial charge is 0.217 e. The minimum Gasteiger partial charge on any atom is -0.394 e. The Balaban J connectivity index is 4.69. The van der Waals surface area contributed by atoms with Crippen molar-refractivity contribution in [3.05, 3.63) is 0 Å². The van der Waals surface area contributed by atoms with Gasteiger partial charge in [-0.3, -0.25) is 4.79 Å².